The van der Waals surface area contributed by atoms with E-state index < -0.39 is 17.2 Å². The number of aromatic carboxylic acids is 1. The molecular weight excluding hydrogens is 162 g/mol. The number of carboxylic acid groups (broad SMARTS) is 1. The fourth-order valence-electron chi connectivity index (χ4n) is 0.714. The summed E-state index contributed by atoms with van der Waals surface area (Å²) >= 11 is 0. The van der Waals surface area contributed by atoms with Crippen LogP contribution in [0.15, 0.2) is 17.2 Å². The first kappa shape index (κ1) is 7.94. The highest BCUT2D eigenvalue weighted by Gasteiger charge is 2.11. The molecule has 0 aromatic carbocycles. The summed E-state index contributed by atoms with van der Waals surface area (Å²) in [7, 11) is 0. The van der Waals surface area contributed by atoms with Crippen molar-refractivity contribution in [2.24, 2.45) is 0 Å². The Kier molecular flexibility index (Phi) is 1.88. The minimum atomic E-state index is -1.68. The van der Waals surface area contributed by atoms with Crippen LogP contribution in [0.5, 0.6) is 0 Å². The van der Waals surface area contributed by atoms with Gasteiger partial charge in [0.25, 0.3) is 5.56 Å². The number of aromatic nitrogens is 2. The molecule has 0 spiro atoms. The Hall–Kier alpha value is -2.16. The third-order valence-corrected chi connectivity index (χ3v) is 1.20. The molecule has 0 radical (unpaired) electrons. The van der Waals surface area contributed by atoms with Gasteiger partial charge in [0.1, 0.15) is 12.2 Å². The maximum absolute atomic E-state index is 10.8. The predicted molar refractivity (Wildman–Crippen MR) is 32.6 cm³/mol. The number of nitriles is 1. The van der Waals surface area contributed by atoms with Crippen LogP contribution >= 0.6 is 0 Å². The van der Waals surface area contributed by atoms with Gasteiger partial charge in [0.15, 0.2) is 5.26 Å². The van der Waals surface area contributed by atoms with Crippen LogP contribution in [0.1, 0.15) is 10.5 Å². The molecule has 60 valence electrons. The number of carboxylic acids is 1. The molecule has 0 amide bonds. The quantitative estimate of drug-likeness (QED) is 0.459. The van der Waals surface area contributed by atoms with E-state index in [9.17, 15) is 14.7 Å². The Balaban J connectivity index is 3.54. The maximum atomic E-state index is 10.8. The van der Waals surface area contributed by atoms with Crippen molar-refractivity contribution in [1.82, 2.24) is 4.98 Å². The van der Waals surface area contributed by atoms with Gasteiger partial charge in [-0.1, -0.05) is 0 Å². The molecule has 1 rings (SSSR count). The summed E-state index contributed by atoms with van der Waals surface area (Å²) in [6.45, 7) is 0. The third kappa shape index (κ3) is 1.15. The van der Waals surface area contributed by atoms with Crippen LogP contribution in [0.2, 0.25) is 0 Å². The van der Waals surface area contributed by atoms with Crippen LogP contribution in [0.4, 0.5) is 0 Å². The van der Waals surface area contributed by atoms with Gasteiger partial charge in [-0.3, -0.25) is 4.79 Å². The van der Waals surface area contributed by atoms with Crippen molar-refractivity contribution in [3.05, 3.63) is 28.4 Å². The molecule has 1 heterocycles. The normalized spacial score (nSPS) is 8.92. The molecule has 0 saturated heterocycles. The summed E-state index contributed by atoms with van der Waals surface area (Å²) < 4.78 is 0.619. The van der Waals surface area contributed by atoms with E-state index in [4.69, 9.17) is 5.26 Å². The summed E-state index contributed by atoms with van der Waals surface area (Å²) in [4.78, 5) is 23.2. The third-order valence-electron chi connectivity index (χ3n) is 1.20. The van der Waals surface area contributed by atoms with Crippen LogP contribution in [-0.4, -0.2) is 11.0 Å². The predicted octanol–water partition coefficient (Wildman–Crippen LogP) is -2.64. The van der Waals surface area contributed by atoms with Gasteiger partial charge in [0, 0.05) is 6.20 Å². The number of carbonyl (C=O) groups excluding carboxylic acids is 1. The number of carbonyl (C=O) groups is 1. The number of rotatable bonds is 1. The van der Waals surface area contributed by atoms with Crippen molar-refractivity contribution in [3.63, 3.8) is 0 Å². The number of hydrogen-bond donors (Lipinski definition) is 1. The van der Waals surface area contributed by atoms with E-state index in [1.807, 2.05) is 0 Å². The van der Waals surface area contributed by atoms with Gasteiger partial charge in [-0.15, -0.1) is 4.57 Å². The first-order valence-electron chi connectivity index (χ1n) is 2.91. The number of aromatic amines is 1. The van der Waals surface area contributed by atoms with Crippen LogP contribution in [0.25, 0.3) is 0 Å². The van der Waals surface area contributed by atoms with E-state index in [0.717, 1.165) is 12.4 Å². The van der Waals surface area contributed by atoms with Crippen LogP contribution in [-0.2, 0) is 0 Å². The van der Waals surface area contributed by atoms with Crippen molar-refractivity contribution >= 4 is 5.97 Å². The highest BCUT2D eigenvalue weighted by Crippen LogP contribution is 1.75. The first-order valence-corrected chi connectivity index (χ1v) is 2.91. The molecular formula is C6H3N3O3. The summed E-state index contributed by atoms with van der Waals surface area (Å²) in [5, 5.41) is 18.7. The summed E-state index contributed by atoms with van der Waals surface area (Å²) in [5.74, 6) is -1.68. The average molecular weight is 165 g/mol. The number of H-pyrrole nitrogens is 1. The summed E-state index contributed by atoms with van der Waals surface area (Å²) in [5.41, 5.74) is -1.57. The fraction of sp³-hybridized carbons (Fsp3) is 0. The lowest BCUT2D eigenvalue weighted by molar-refractivity contribution is -0.594. The molecule has 1 N–H and O–H groups in total. The van der Waals surface area contributed by atoms with Crippen molar-refractivity contribution in [3.8, 4) is 6.19 Å². The average Bonchev–Trinajstić information content (AvgIpc) is 2.03. The minimum absolute atomic E-state index is 0.619. The Morgan fingerprint density at radius 1 is 1.75 bits per heavy atom. The van der Waals surface area contributed by atoms with E-state index >= 15 is 0 Å². The molecule has 0 unspecified atom stereocenters. The van der Waals surface area contributed by atoms with Gasteiger partial charge in [0.05, 0.1) is 0 Å². The van der Waals surface area contributed by atoms with Gasteiger partial charge in [0.2, 0.25) is 5.69 Å². The van der Waals surface area contributed by atoms with Crippen LogP contribution < -0.4 is 15.2 Å². The zero-order valence-electron chi connectivity index (χ0n) is 5.77. The number of nitrogens with zero attached hydrogens (tertiary/aromatic N) is 2. The molecule has 6 nitrogen and oxygen atoms in total. The number of nitrogens with one attached hydrogen (secondary N) is 1. The molecule has 0 aliphatic carbocycles. The van der Waals surface area contributed by atoms with E-state index in [1.54, 1.807) is 0 Å². The first-order chi connectivity index (χ1) is 5.66. The summed E-state index contributed by atoms with van der Waals surface area (Å²) in [6, 6.07) is 0. The second-order valence-electron chi connectivity index (χ2n) is 1.90. The highest BCUT2D eigenvalue weighted by molar-refractivity contribution is 5.81. The summed E-state index contributed by atoms with van der Waals surface area (Å²) in [6.07, 6.45) is 3.78. The molecule has 0 saturated carbocycles. The monoisotopic (exact) mass is 165 g/mol. The van der Waals surface area contributed by atoms with Crippen LogP contribution in [0.3, 0.4) is 0 Å². The van der Waals surface area contributed by atoms with Gasteiger partial charge in [-0.2, -0.15) is 0 Å². The molecule has 1 aromatic heterocycles. The Morgan fingerprint density at radius 3 is 2.83 bits per heavy atom. The van der Waals surface area contributed by atoms with Crippen molar-refractivity contribution < 1.29 is 14.5 Å². The lowest BCUT2D eigenvalue weighted by Crippen LogP contribution is -2.47. The zero-order valence-corrected chi connectivity index (χ0v) is 5.77. The molecule has 0 bridgehead atoms. The molecule has 6 heteroatoms. The van der Waals surface area contributed by atoms with Crippen molar-refractivity contribution in [2.45, 2.75) is 0 Å². The number of hydrogen-bond acceptors (Lipinski definition) is 4. The van der Waals surface area contributed by atoms with Gasteiger partial charge >= 0.3 is 6.19 Å². The van der Waals surface area contributed by atoms with E-state index in [-0.39, 0.29) is 0 Å². The molecule has 0 fully saturated rings. The Bertz CT molecular complexity index is 415. The second kappa shape index (κ2) is 2.84. The Labute approximate surface area is 66.3 Å². The smallest absolute Gasteiger partial charge is 0.464 e. The largest absolute Gasteiger partial charge is 0.541 e. The van der Waals surface area contributed by atoms with Gasteiger partial charge in [-0.25, -0.2) is 0 Å². The van der Waals surface area contributed by atoms with Crippen LogP contribution in [0, 0.1) is 11.5 Å². The standard InChI is InChI=1S/C6H3N3O3/c7-3-9-2-1-8-5(10)4(9)6(11)12/h1-2H,(H-,8,10,11,12). The lowest BCUT2D eigenvalue weighted by Gasteiger charge is -1.97. The molecule has 0 aliphatic heterocycles. The van der Waals surface area contributed by atoms with Crippen molar-refractivity contribution in [1.29, 1.82) is 5.26 Å². The molecule has 1 aromatic rings. The molecule has 12 heavy (non-hydrogen) atoms. The topological polar surface area (TPSA) is 101 Å². The lowest BCUT2D eigenvalue weighted by atomic mass is 10.4. The molecule has 0 atom stereocenters. The van der Waals surface area contributed by atoms with Gasteiger partial charge in [-0.05, 0) is 0 Å². The van der Waals surface area contributed by atoms with E-state index in [0.29, 0.717) is 4.57 Å². The maximum Gasteiger partial charge on any atom is 0.464 e. The van der Waals surface area contributed by atoms with Gasteiger partial charge < -0.3 is 14.9 Å². The van der Waals surface area contributed by atoms with Crippen molar-refractivity contribution in [2.75, 3.05) is 0 Å². The minimum Gasteiger partial charge on any atom is -0.541 e. The van der Waals surface area contributed by atoms with E-state index in [1.165, 1.54) is 6.19 Å². The highest BCUT2D eigenvalue weighted by atomic mass is 16.4. The van der Waals surface area contributed by atoms with E-state index in [2.05, 4.69) is 4.98 Å². The molecule has 0 aliphatic rings. The fourth-order valence-corrected chi connectivity index (χ4v) is 0.714. The Morgan fingerprint density at radius 2 is 2.42 bits per heavy atom. The SMILES string of the molecule is N#C[n+]1cc[nH]c(=O)c1C(=O)[O-]. The zero-order chi connectivity index (χ0) is 9.14. The second-order valence-corrected chi connectivity index (χ2v) is 1.90.